The fourth-order valence-electron chi connectivity index (χ4n) is 3.77. The Morgan fingerprint density at radius 3 is 2.35 bits per heavy atom. The topological polar surface area (TPSA) is 73.7 Å². The molecule has 0 aromatic carbocycles. The third kappa shape index (κ3) is 4.42. The summed E-state index contributed by atoms with van der Waals surface area (Å²) in [5.41, 5.74) is 0.878. The van der Waals surface area contributed by atoms with Crippen molar-refractivity contribution in [1.29, 1.82) is 0 Å². The van der Waals surface area contributed by atoms with Crippen LogP contribution in [0.5, 0.6) is 0 Å². The first-order chi connectivity index (χ1) is 12.6. The number of hydrogen-bond donors (Lipinski definition) is 1. The van der Waals surface area contributed by atoms with Gasteiger partial charge in [0.1, 0.15) is 6.04 Å². The number of likely N-dealkylation sites (N-methyl/N-ethyl adjacent to an activating group) is 1. The molecule has 8 nitrogen and oxygen atoms in total. The second-order valence-electron chi connectivity index (χ2n) is 7.21. The average Bonchev–Trinajstić information content (AvgIpc) is 3.09. The molecule has 0 aliphatic carbocycles. The van der Waals surface area contributed by atoms with Gasteiger partial charge in [-0.2, -0.15) is 5.10 Å². The van der Waals surface area contributed by atoms with E-state index in [0.717, 1.165) is 44.6 Å². The number of hydrogen-bond acceptors (Lipinski definition) is 5. The van der Waals surface area contributed by atoms with Crippen LogP contribution in [0.15, 0.2) is 12.4 Å². The van der Waals surface area contributed by atoms with Gasteiger partial charge in [-0.15, -0.1) is 0 Å². The zero-order chi connectivity index (χ0) is 18.5. The number of amides is 2. The number of likely N-dealkylation sites (tertiary alicyclic amines) is 1. The van der Waals surface area contributed by atoms with Crippen molar-refractivity contribution in [2.75, 3.05) is 52.9 Å². The monoisotopic (exact) mass is 362 g/mol. The molecule has 0 saturated carbocycles. The molecule has 8 heteroatoms. The summed E-state index contributed by atoms with van der Waals surface area (Å²) in [6, 6.07) is -0.370. The van der Waals surface area contributed by atoms with Gasteiger partial charge in [0, 0.05) is 58.1 Å². The van der Waals surface area contributed by atoms with Crippen molar-refractivity contribution < 1.29 is 9.59 Å². The van der Waals surface area contributed by atoms with E-state index in [2.05, 4.69) is 15.3 Å². The molecule has 0 spiro atoms. The van der Waals surface area contributed by atoms with Crippen LogP contribution in [0.25, 0.3) is 0 Å². The van der Waals surface area contributed by atoms with Crippen molar-refractivity contribution in [2.45, 2.75) is 25.3 Å². The van der Waals surface area contributed by atoms with E-state index in [0.29, 0.717) is 19.6 Å². The maximum absolute atomic E-state index is 12.8. The zero-order valence-electron chi connectivity index (χ0n) is 15.9. The number of aryl methyl sites for hydroxylation is 1. The molecule has 1 aromatic heterocycles. The summed E-state index contributed by atoms with van der Waals surface area (Å²) in [6.45, 7) is 5.07. The molecule has 2 saturated heterocycles. The molecule has 0 radical (unpaired) electrons. The van der Waals surface area contributed by atoms with Gasteiger partial charge in [-0.1, -0.05) is 0 Å². The molecule has 1 aromatic rings. The minimum Gasteiger partial charge on any atom is -0.342 e. The van der Waals surface area contributed by atoms with E-state index in [4.69, 9.17) is 0 Å². The first-order valence-corrected chi connectivity index (χ1v) is 9.53. The van der Waals surface area contributed by atoms with E-state index >= 15 is 0 Å². The lowest BCUT2D eigenvalue weighted by Gasteiger charge is -2.37. The van der Waals surface area contributed by atoms with Crippen LogP contribution in [0.1, 0.15) is 30.9 Å². The standard InChI is InChI=1S/C18H30N6O2/c1-19-17(15-12-20-21(2)13-15)18(26)24-10-8-22(9-11-24)14-16(25)23-6-4-3-5-7-23/h12-13,17,19H,3-11,14H2,1-2H3. The summed E-state index contributed by atoms with van der Waals surface area (Å²) in [5, 5.41) is 7.25. The number of nitrogens with one attached hydrogen (secondary N) is 1. The number of nitrogens with zero attached hydrogens (tertiary/aromatic N) is 5. The van der Waals surface area contributed by atoms with Crippen LogP contribution in [0.4, 0.5) is 0 Å². The molecule has 1 unspecified atom stereocenters. The molecular weight excluding hydrogens is 332 g/mol. The van der Waals surface area contributed by atoms with Crippen molar-refractivity contribution >= 4 is 11.8 Å². The summed E-state index contributed by atoms with van der Waals surface area (Å²) in [4.78, 5) is 31.3. The molecule has 2 amide bonds. The number of carbonyl (C=O) groups excluding carboxylic acids is 2. The van der Waals surface area contributed by atoms with Crippen molar-refractivity contribution in [2.24, 2.45) is 7.05 Å². The number of piperidine rings is 1. The zero-order valence-corrected chi connectivity index (χ0v) is 15.9. The second-order valence-corrected chi connectivity index (χ2v) is 7.21. The van der Waals surface area contributed by atoms with E-state index in [9.17, 15) is 9.59 Å². The van der Waals surface area contributed by atoms with Crippen molar-refractivity contribution in [3.8, 4) is 0 Å². The molecular formula is C18H30N6O2. The van der Waals surface area contributed by atoms with Gasteiger partial charge in [-0.3, -0.25) is 19.2 Å². The molecule has 144 valence electrons. The Balaban J connectivity index is 1.49. The van der Waals surface area contributed by atoms with Gasteiger partial charge >= 0.3 is 0 Å². The normalized spacial score (nSPS) is 20.2. The third-order valence-corrected chi connectivity index (χ3v) is 5.35. The Morgan fingerprint density at radius 1 is 1.08 bits per heavy atom. The fraction of sp³-hybridized carbons (Fsp3) is 0.722. The summed E-state index contributed by atoms with van der Waals surface area (Å²) >= 11 is 0. The highest BCUT2D eigenvalue weighted by Gasteiger charge is 2.29. The Hall–Kier alpha value is -1.93. The smallest absolute Gasteiger partial charge is 0.244 e. The summed E-state index contributed by atoms with van der Waals surface area (Å²) in [5.74, 6) is 0.301. The van der Waals surface area contributed by atoms with E-state index < -0.39 is 0 Å². The van der Waals surface area contributed by atoms with Gasteiger partial charge < -0.3 is 15.1 Å². The van der Waals surface area contributed by atoms with Crippen LogP contribution in [-0.2, 0) is 16.6 Å². The van der Waals surface area contributed by atoms with Crippen molar-refractivity contribution in [3.63, 3.8) is 0 Å². The number of carbonyl (C=O) groups is 2. The second kappa shape index (κ2) is 8.64. The summed E-state index contributed by atoms with van der Waals surface area (Å²) < 4.78 is 1.71. The molecule has 1 atom stereocenters. The van der Waals surface area contributed by atoms with Gasteiger partial charge in [0.2, 0.25) is 11.8 Å². The molecule has 26 heavy (non-hydrogen) atoms. The highest BCUT2D eigenvalue weighted by molar-refractivity contribution is 5.83. The van der Waals surface area contributed by atoms with E-state index in [1.807, 2.05) is 23.0 Å². The van der Waals surface area contributed by atoms with Crippen LogP contribution in [0.2, 0.25) is 0 Å². The van der Waals surface area contributed by atoms with Gasteiger partial charge in [-0.05, 0) is 26.3 Å². The lowest BCUT2D eigenvalue weighted by Crippen LogP contribution is -2.53. The molecule has 3 rings (SSSR count). The van der Waals surface area contributed by atoms with E-state index in [-0.39, 0.29) is 17.9 Å². The van der Waals surface area contributed by atoms with Crippen LogP contribution in [-0.4, -0.2) is 89.2 Å². The van der Waals surface area contributed by atoms with Crippen LogP contribution in [0, 0.1) is 0 Å². The lowest BCUT2D eigenvalue weighted by molar-refractivity contribution is -0.137. The lowest BCUT2D eigenvalue weighted by atomic mass is 10.1. The molecule has 2 aliphatic heterocycles. The quantitative estimate of drug-likeness (QED) is 0.788. The van der Waals surface area contributed by atoms with Crippen LogP contribution in [0.3, 0.4) is 0 Å². The Morgan fingerprint density at radius 2 is 1.77 bits per heavy atom. The Bertz CT molecular complexity index is 617. The van der Waals surface area contributed by atoms with Crippen LogP contribution < -0.4 is 5.32 Å². The summed E-state index contributed by atoms with van der Waals surface area (Å²) in [7, 11) is 3.64. The van der Waals surface area contributed by atoms with E-state index in [1.54, 1.807) is 17.9 Å². The molecule has 2 aliphatic rings. The highest BCUT2D eigenvalue weighted by Crippen LogP contribution is 2.16. The van der Waals surface area contributed by atoms with Crippen LogP contribution >= 0.6 is 0 Å². The molecule has 3 heterocycles. The predicted octanol–water partition coefficient (Wildman–Crippen LogP) is -0.163. The predicted molar refractivity (Wildman–Crippen MR) is 98.5 cm³/mol. The number of piperazine rings is 1. The maximum atomic E-state index is 12.8. The maximum Gasteiger partial charge on any atom is 0.244 e. The largest absolute Gasteiger partial charge is 0.342 e. The number of aromatic nitrogens is 2. The van der Waals surface area contributed by atoms with Crippen molar-refractivity contribution in [1.82, 2.24) is 29.8 Å². The van der Waals surface area contributed by atoms with Gasteiger partial charge in [0.15, 0.2) is 0 Å². The van der Waals surface area contributed by atoms with Crippen molar-refractivity contribution in [3.05, 3.63) is 18.0 Å². The van der Waals surface area contributed by atoms with E-state index in [1.165, 1.54) is 6.42 Å². The molecule has 0 bridgehead atoms. The summed E-state index contributed by atoms with van der Waals surface area (Å²) in [6.07, 6.45) is 7.06. The number of rotatable bonds is 5. The minimum atomic E-state index is -0.370. The SMILES string of the molecule is CNC(C(=O)N1CCN(CC(=O)N2CCCCC2)CC1)c1cnn(C)c1. The fourth-order valence-corrected chi connectivity index (χ4v) is 3.77. The highest BCUT2D eigenvalue weighted by atomic mass is 16.2. The minimum absolute atomic E-state index is 0.0718. The third-order valence-electron chi connectivity index (χ3n) is 5.35. The Labute approximate surface area is 155 Å². The average molecular weight is 362 g/mol. The molecule has 1 N–H and O–H groups in total. The van der Waals surface area contributed by atoms with Gasteiger partial charge in [0.25, 0.3) is 0 Å². The first-order valence-electron chi connectivity index (χ1n) is 9.53. The Kier molecular flexibility index (Phi) is 6.26. The van der Waals surface area contributed by atoms with Gasteiger partial charge in [-0.25, -0.2) is 0 Å². The van der Waals surface area contributed by atoms with Gasteiger partial charge in [0.05, 0.1) is 12.7 Å². The molecule has 2 fully saturated rings. The first kappa shape index (κ1) is 18.8.